The fourth-order valence-electron chi connectivity index (χ4n) is 1.85. The number of hydrogen-bond donors (Lipinski definition) is 2. The van der Waals surface area contributed by atoms with Crippen LogP contribution in [0, 0.1) is 0 Å². The average Bonchev–Trinajstić information content (AvgIpc) is 2.37. The van der Waals surface area contributed by atoms with E-state index in [1.807, 2.05) is 31.3 Å². The second-order valence-corrected chi connectivity index (χ2v) is 5.81. The van der Waals surface area contributed by atoms with Crippen LogP contribution in [-0.4, -0.2) is 26.0 Å². The van der Waals surface area contributed by atoms with Crippen molar-refractivity contribution < 1.29 is 4.79 Å². The van der Waals surface area contributed by atoms with Gasteiger partial charge in [-0.2, -0.15) is 0 Å². The summed E-state index contributed by atoms with van der Waals surface area (Å²) in [6.07, 6.45) is 1.42. The molecule has 20 heavy (non-hydrogen) atoms. The molecule has 0 aliphatic carbocycles. The quantitative estimate of drug-likeness (QED) is 0.758. The molecule has 0 aliphatic heterocycles. The van der Waals surface area contributed by atoms with Crippen molar-refractivity contribution in [2.75, 3.05) is 20.1 Å². The molecular formula is C15H24Cl2N2O. The molecule has 0 spiro atoms. The van der Waals surface area contributed by atoms with Crippen molar-refractivity contribution in [1.29, 1.82) is 0 Å². The lowest BCUT2D eigenvalue weighted by molar-refractivity contribution is -0.121. The Bertz CT molecular complexity index is 422. The molecule has 0 fully saturated rings. The van der Waals surface area contributed by atoms with Gasteiger partial charge in [-0.05, 0) is 37.7 Å². The molecule has 1 aromatic carbocycles. The summed E-state index contributed by atoms with van der Waals surface area (Å²) in [5.74, 6) is 0.102. The summed E-state index contributed by atoms with van der Waals surface area (Å²) in [6, 6.07) is 7.79. The van der Waals surface area contributed by atoms with Gasteiger partial charge in [0.05, 0.1) is 0 Å². The lowest BCUT2D eigenvalue weighted by atomic mass is 9.84. The van der Waals surface area contributed by atoms with Crippen molar-refractivity contribution in [3.05, 3.63) is 34.9 Å². The molecule has 0 aliphatic rings. The maximum Gasteiger partial charge on any atom is 0.220 e. The topological polar surface area (TPSA) is 41.1 Å². The number of amides is 1. The van der Waals surface area contributed by atoms with Gasteiger partial charge in [0, 0.05) is 23.4 Å². The fourth-order valence-corrected chi connectivity index (χ4v) is 2.04. The number of carbonyl (C=O) groups excluding carboxylic acids is 1. The minimum absolute atomic E-state index is 0. The molecule has 1 rings (SSSR count). The van der Waals surface area contributed by atoms with Crippen LogP contribution >= 0.6 is 24.0 Å². The zero-order valence-electron chi connectivity index (χ0n) is 12.3. The van der Waals surface area contributed by atoms with Crippen LogP contribution in [0.25, 0.3) is 0 Å². The molecule has 0 saturated heterocycles. The van der Waals surface area contributed by atoms with Gasteiger partial charge in [-0.3, -0.25) is 4.79 Å². The Balaban J connectivity index is 0.00000361. The van der Waals surface area contributed by atoms with Gasteiger partial charge in [0.2, 0.25) is 5.91 Å². The number of halogens is 2. The number of benzene rings is 1. The van der Waals surface area contributed by atoms with Gasteiger partial charge in [0.15, 0.2) is 0 Å². The second kappa shape index (κ2) is 9.22. The van der Waals surface area contributed by atoms with E-state index in [1.165, 1.54) is 0 Å². The zero-order valence-corrected chi connectivity index (χ0v) is 13.9. The van der Waals surface area contributed by atoms with Crippen LogP contribution in [0.3, 0.4) is 0 Å². The number of rotatable bonds is 7. The Kier molecular flexibility index (Phi) is 8.86. The summed E-state index contributed by atoms with van der Waals surface area (Å²) in [5, 5.41) is 6.75. The minimum Gasteiger partial charge on any atom is -0.355 e. The highest BCUT2D eigenvalue weighted by Crippen LogP contribution is 2.24. The molecule has 0 radical (unpaired) electrons. The maximum absolute atomic E-state index is 11.7. The molecule has 0 unspecified atom stereocenters. The Hall–Kier alpha value is -0.770. The molecule has 3 nitrogen and oxygen atoms in total. The van der Waals surface area contributed by atoms with Crippen molar-refractivity contribution in [3.63, 3.8) is 0 Å². The van der Waals surface area contributed by atoms with E-state index in [1.54, 1.807) is 0 Å². The first kappa shape index (κ1) is 19.2. The van der Waals surface area contributed by atoms with Crippen LogP contribution in [0.5, 0.6) is 0 Å². The minimum atomic E-state index is -0.121. The predicted octanol–water partition coefficient (Wildman–Crippen LogP) is 3.16. The molecule has 0 bridgehead atoms. The molecule has 0 aromatic heterocycles. The lowest BCUT2D eigenvalue weighted by Gasteiger charge is -2.26. The molecule has 0 saturated carbocycles. The molecule has 1 aromatic rings. The molecule has 114 valence electrons. The highest BCUT2D eigenvalue weighted by atomic mass is 35.5. The monoisotopic (exact) mass is 318 g/mol. The van der Waals surface area contributed by atoms with Crippen LogP contribution < -0.4 is 10.6 Å². The van der Waals surface area contributed by atoms with Crippen LogP contribution in [0.15, 0.2) is 24.3 Å². The Labute approximate surface area is 132 Å². The normalized spacial score (nSPS) is 10.8. The first-order valence-electron chi connectivity index (χ1n) is 6.63. The van der Waals surface area contributed by atoms with E-state index in [-0.39, 0.29) is 23.7 Å². The third-order valence-corrected chi connectivity index (χ3v) is 3.40. The summed E-state index contributed by atoms with van der Waals surface area (Å²) in [5.41, 5.74) is 1.01. The molecule has 5 heteroatoms. The third-order valence-electron chi connectivity index (χ3n) is 3.16. The Morgan fingerprint density at radius 1 is 1.35 bits per heavy atom. The van der Waals surface area contributed by atoms with Gasteiger partial charge in [-0.1, -0.05) is 37.6 Å². The van der Waals surface area contributed by atoms with Gasteiger partial charge in [0.1, 0.15) is 0 Å². The summed E-state index contributed by atoms with van der Waals surface area (Å²) >= 11 is 6.00. The first-order valence-corrected chi connectivity index (χ1v) is 7.01. The molecule has 2 N–H and O–H groups in total. The first-order chi connectivity index (χ1) is 8.95. The molecule has 0 heterocycles. The highest BCUT2D eigenvalue weighted by molar-refractivity contribution is 6.30. The molecular weight excluding hydrogens is 295 g/mol. The standard InChI is InChI=1S/C15H23ClN2O.ClH/c1-15(2,12-6-4-7-13(16)10-12)11-18-14(19)8-5-9-17-3;/h4,6-7,10,17H,5,8-9,11H2,1-3H3,(H,18,19);1H. The van der Waals surface area contributed by atoms with E-state index in [9.17, 15) is 4.79 Å². The third kappa shape index (κ3) is 6.60. The van der Waals surface area contributed by atoms with E-state index >= 15 is 0 Å². The van der Waals surface area contributed by atoms with E-state index < -0.39 is 0 Å². The van der Waals surface area contributed by atoms with Crippen molar-refractivity contribution >= 4 is 29.9 Å². The van der Waals surface area contributed by atoms with Crippen LogP contribution in [-0.2, 0) is 10.2 Å². The fraction of sp³-hybridized carbons (Fsp3) is 0.533. The van der Waals surface area contributed by atoms with Gasteiger partial charge < -0.3 is 10.6 Å². The summed E-state index contributed by atoms with van der Waals surface area (Å²) in [6.45, 7) is 5.69. The molecule has 1 amide bonds. The average molecular weight is 319 g/mol. The highest BCUT2D eigenvalue weighted by Gasteiger charge is 2.21. The van der Waals surface area contributed by atoms with Gasteiger partial charge in [-0.15, -0.1) is 12.4 Å². The van der Waals surface area contributed by atoms with Crippen molar-refractivity contribution in [1.82, 2.24) is 10.6 Å². The predicted molar refractivity (Wildman–Crippen MR) is 87.9 cm³/mol. The summed E-state index contributed by atoms with van der Waals surface area (Å²) in [4.78, 5) is 11.7. The van der Waals surface area contributed by atoms with Gasteiger partial charge in [-0.25, -0.2) is 0 Å². The SMILES string of the molecule is CNCCCC(=O)NCC(C)(C)c1cccc(Cl)c1.Cl. The largest absolute Gasteiger partial charge is 0.355 e. The van der Waals surface area contributed by atoms with Crippen LogP contribution in [0.1, 0.15) is 32.3 Å². The van der Waals surface area contributed by atoms with Crippen LogP contribution in [0.2, 0.25) is 5.02 Å². The maximum atomic E-state index is 11.7. The summed E-state index contributed by atoms with van der Waals surface area (Å²) in [7, 11) is 1.89. The summed E-state index contributed by atoms with van der Waals surface area (Å²) < 4.78 is 0. The Morgan fingerprint density at radius 2 is 2.05 bits per heavy atom. The lowest BCUT2D eigenvalue weighted by Crippen LogP contribution is -2.36. The van der Waals surface area contributed by atoms with Gasteiger partial charge in [0.25, 0.3) is 0 Å². The smallest absolute Gasteiger partial charge is 0.220 e. The van der Waals surface area contributed by atoms with E-state index in [4.69, 9.17) is 11.6 Å². The molecule has 0 atom stereocenters. The van der Waals surface area contributed by atoms with Crippen molar-refractivity contribution in [2.24, 2.45) is 0 Å². The number of carbonyl (C=O) groups is 1. The Morgan fingerprint density at radius 3 is 2.65 bits per heavy atom. The van der Waals surface area contributed by atoms with E-state index in [0.717, 1.165) is 23.6 Å². The van der Waals surface area contributed by atoms with E-state index in [2.05, 4.69) is 24.5 Å². The number of hydrogen-bond acceptors (Lipinski definition) is 2. The zero-order chi connectivity index (χ0) is 14.3. The van der Waals surface area contributed by atoms with Crippen LogP contribution in [0.4, 0.5) is 0 Å². The van der Waals surface area contributed by atoms with Gasteiger partial charge >= 0.3 is 0 Å². The van der Waals surface area contributed by atoms with Crippen molar-refractivity contribution in [2.45, 2.75) is 32.1 Å². The van der Waals surface area contributed by atoms with Crippen molar-refractivity contribution in [3.8, 4) is 0 Å². The second-order valence-electron chi connectivity index (χ2n) is 5.38. The van der Waals surface area contributed by atoms with E-state index in [0.29, 0.717) is 13.0 Å². The number of nitrogens with one attached hydrogen (secondary N) is 2.